The fourth-order valence-corrected chi connectivity index (χ4v) is 4.00. The average Bonchev–Trinajstić information content (AvgIpc) is 2.76. The summed E-state index contributed by atoms with van der Waals surface area (Å²) in [6, 6.07) is 4.90. The Hall–Kier alpha value is -0.340. The quantitative estimate of drug-likeness (QED) is 0.858. The maximum atomic E-state index is 6.43. The number of nitrogens with two attached hydrogens (primary N) is 1. The molecule has 0 saturated heterocycles. The highest BCUT2D eigenvalue weighted by Gasteiger charge is 2.29. The molecule has 1 aliphatic carbocycles. The van der Waals surface area contributed by atoms with Crippen molar-refractivity contribution in [1.82, 2.24) is 0 Å². The molecular formula is C16H27NS. The summed E-state index contributed by atoms with van der Waals surface area (Å²) in [6.07, 6.45) is 7.56. The lowest BCUT2D eigenvalue weighted by Crippen LogP contribution is -2.36. The second-order valence-corrected chi connectivity index (χ2v) is 7.84. The van der Waals surface area contributed by atoms with Crippen LogP contribution in [0.5, 0.6) is 0 Å². The van der Waals surface area contributed by atoms with E-state index in [0.29, 0.717) is 11.5 Å². The summed E-state index contributed by atoms with van der Waals surface area (Å²) in [7, 11) is 0. The molecule has 1 fully saturated rings. The lowest BCUT2D eigenvalue weighted by Gasteiger charge is -2.36. The number of hydrogen-bond donors (Lipinski definition) is 1. The van der Waals surface area contributed by atoms with E-state index in [1.807, 2.05) is 11.3 Å². The summed E-state index contributed by atoms with van der Waals surface area (Å²) < 4.78 is 0. The van der Waals surface area contributed by atoms with Crippen molar-refractivity contribution in [3.05, 3.63) is 21.9 Å². The van der Waals surface area contributed by atoms with Gasteiger partial charge in [-0.3, -0.25) is 0 Å². The minimum atomic E-state index is 0.365. The number of rotatable bonds is 4. The fourth-order valence-electron chi connectivity index (χ4n) is 2.97. The Morgan fingerprint density at radius 3 is 2.44 bits per heavy atom. The maximum Gasteiger partial charge on any atom is 0.0116 e. The van der Waals surface area contributed by atoms with Gasteiger partial charge in [-0.05, 0) is 62.0 Å². The molecule has 1 aromatic rings. The van der Waals surface area contributed by atoms with Crippen molar-refractivity contribution >= 4 is 11.3 Å². The lowest BCUT2D eigenvalue weighted by atomic mass is 9.71. The van der Waals surface area contributed by atoms with Gasteiger partial charge in [0.25, 0.3) is 0 Å². The van der Waals surface area contributed by atoms with Gasteiger partial charge in [0.05, 0.1) is 0 Å². The van der Waals surface area contributed by atoms with Gasteiger partial charge >= 0.3 is 0 Å². The minimum Gasteiger partial charge on any atom is -0.327 e. The summed E-state index contributed by atoms with van der Waals surface area (Å²) in [5, 5.41) is 0. The van der Waals surface area contributed by atoms with E-state index in [0.717, 1.165) is 18.8 Å². The Morgan fingerprint density at radius 1 is 1.28 bits per heavy atom. The van der Waals surface area contributed by atoms with Crippen molar-refractivity contribution in [3.63, 3.8) is 0 Å². The minimum absolute atomic E-state index is 0.365. The Bertz CT molecular complexity index is 370. The molecule has 2 heteroatoms. The molecule has 0 aromatic carbocycles. The zero-order valence-corrected chi connectivity index (χ0v) is 12.9. The molecule has 2 rings (SSSR count). The van der Waals surface area contributed by atoms with Crippen LogP contribution >= 0.6 is 11.3 Å². The van der Waals surface area contributed by atoms with Gasteiger partial charge in [-0.25, -0.2) is 0 Å². The van der Waals surface area contributed by atoms with E-state index >= 15 is 0 Å². The van der Waals surface area contributed by atoms with Crippen molar-refractivity contribution in [2.45, 2.75) is 65.3 Å². The van der Waals surface area contributed by atoms with Crippen LogP contribution in [0.2, 0.25) is 0 Å². The van der Waals surface area contributed by atoms with Crippen molar-refractivity contribution in [2.24, 2.45) is 17.1 Å². The van der Waals surface area contributed by atoms with Crippen LogP contribution in [0.25, 0.3) is 0 Å². The van der Waals surface area contributed by atoms with Gasteiger partial charge in [0, 0.05) is 15.8 Å². The molecule has 1 atom stereocenters. The summed E-state index contributed by atoms with van der Waals surface area (Å²) in [5.74, 6) is 0.741. The molecule has 1 aliphatic rings. The van der Waals surface area contributed by atoms with Gasteiger partial charge in [0.15, 0.2) is 0 Å². The third kappa shape index (κ3) is 3.58. The Balaban J connectivity index is 1.86. The zero-order chi connectivity index (χ0) is 13.2. The molecule has 0 radical (unpaired) electrons. The van der Waals surface area contributed by atoms with E-state index in [4.69, 9.17) is 5.73 Å². The monoisotopic (exact) mass is 265 g/mol. The molecule has 0 bridgehead atoms. The summed E-state index contributed by atoms with van der Waals surface area (Å²) in [5.41, 5.74) is 6.98. The van der Waals surface area contributed by atoms with Crippen LogP contribution in [0.15, 0.2) is 12.1 Å². The fraction of sp³-hybridized carbons (Fsp3) is 0.750. The topological polar surface area (TPSA) is 26.0 Å². The molecule has 18 heavy (non-hydrogen) atoms. The third-order valence-electron chi connectivity index (χ3n) is 4.49. The first-order valence-corrected chi connectivity index (χ1v) is 8.15. The van der Waals surface area contributed by atoms with Crippen LogP contribution in [0.4, 0.5) is 0 Å². The number of aryl methyl sites for hydroxylation is 1. The van der Waals surface area contributed by atoms with E-state index < -0.39 is 0 Å². The molecule has 0 amide bonds. The molecule has 1 aromatic heterocycles. The zero-order valence-electron chi connectivity index (χ0n) is 12.0. The van der Waals surface area contributed by atoms with E-state index in [9.17, 15) is 0 Å². The Kier molecular flexibility index (Phi) is 4.50. The second-order valence-electron chi connectivity index (χ2n) is 6.59. The van der Waals surface area contributed by atoms with Gasteiger partial charge in [-0.15, -0.1) is 11.3 Å². The SMILES string of the molecule is CCc1ccc(CC(N)C2CCC(C)(C)CC2)s1. The first kappa shape index (κ1) is 14.1. The highest BCUT2D eigenvalue weighted by atomic mass is 32.1. The highest BCUT2D eigenvalue weighted by molar-refractivity contribution is 7.11. The van der Waals surface area contributed by atoms with E-state index in [1.54, 1.807) is 0 Å². The van der Waals surface area contributed by atoms with Gasteiger partial charge in [-0.1, -0.05) is 20.8 Å². The van der Waals surface area contributed by atoms with Gasteiger partial charge in [0.2, 0.25) is 0 Å². The molecular weight excluding hydrogens is 238 g/mol. The molecule has 102 valence electrons. The third-order valence-corrected chi connectivity index (χ3v) is 5.74. The molecule has 1 saturated carbocycles. The predicted octanol–water partition coefficient (Wildman–Crippen LogP) is 4.40. The van der Waals surface area contributed by atoms with Crippen LogP contribution in [0, 0.1) is 11.3 Å². The smallest absolute Gasteiger partial charge is 0.0116 e. The summed E-state index contributed by atoms with van der Waals surface area (Å²) in [4.78, 5) is 2.96. The Labute approximate surface area is 116 Å². The molecule has 1 nitrogen and oxygen atoms in total. The van der Waals surface area contributed by atoms with E-state index in [1.165, 1.54) is 35.4 Å². The second kappa shape index (κ2) is 5.75. The van der Waals surface area contributed by atoms with Crippen molar-refractivity contribution in [1.29, 1.82) is 0 Å². The molecule has 1 heterocycles. The van der Waals surface area contributed by atoms with Crippen LogP contribution < -0.4 is 5.73 Å². The van der Waals surface area contributed by atoms with Crippen LogP contribution in [-0.4, -0.2) is 6.04 Å². The van der Waals surface area contributed by atoms with E-state index in [-0.39, 0.29) is 0 Å². The number of hydrogen-bond acceptors (Lipinski definition) is 2. The summed E-state index contributed by atoms with van der Waals surface area (Å²) >= 11 is 1.94. The van der Waals surface area contributed by atoms with Gasteiger partial charge in [-0.2, -0.15) is 0 Å². The predicted molar refractivity (Wildman–Crippen MR) is 81.1 cm³/mol. The van der Waals surface area contributed by atoms with Gasteiger partial charge < -0.3 is 5.73 Å². The van der Waals surface area contributed by atoms with Crippen LogP contribution in [0.1, 0.15) is 56.2 Å². The number of thiophene rings is 1. The van der Waals surface area contributed by atoms with Crippen molar-refractivity contribution < 1.29 is 0 Å². The molecule has 1 unspecified atom stereocenters. The largest absolute Gasteiger partial charge is 0.327 e. The van der Waals surface area contributed by atoms with Crippen molar-refractivity contribution in [3.8, 4) is 0 Å². The maximum absolute atomic E-state index is 6.43. The van der Waals surface area contributed by atoms with Crippen molar-refractivity contribution in [2.75, 3.05) is 0 Å². The van der Waals surface area contributed by atoms with Crippen LogP contribution in [-0.2, 0) is 12.8 Å². The normalized spacial score (nSPS) is 22.0. The first-order chi connectivity index (χ1) is 8.50. The molecule has 2 N–H and O–H groups in total. The molecule has 0 spiro atoms. The molecule has 0 aliphatic heterocycles. The lowest BCUT2D eigenvalue weighted by molar-refractivity contribution is 0.173. The first-order valence-electron chi connectivity index (χ1n) is 7.33. The average molecular weight is 265 g/mol. The van der Waals surface area contributed by atoms with Crippen LogP contribution in [0.3, 0.4) is 0 Å². The summed E-state index contributed by atoms with van der Waals surface area (Å²) in [6.45, 7) is 7.00. The standard InChI is InChI=1S/C16H27NS/c1-4-13-5-6-14(18-13)11-15(17)12-7-9-16(2,3)10-8-12/h5-6,12,15H,4,7-11,17H2,1-3H3. The highest BCUT2D eigenvalue weighted by Crippen LogP contribution is 2.39. The van der Waals surface area contributed by atoms with Gasteiger partial charge in [0.1, 0.15) is 0 Å². The van der Waals surface area contributed by atoms with E-state index in [2.05, 4.69) is 32.9 Å². The Morgan fingerprint density at radius 2 is 1.89 bits per heavy atom.